The summed E-state index contributed by atoms with van der Waals surface area (Å²) < 4.78 is 47.4. The number of carbonyl (C=O) groups is 7. The van der Waals surface area contributed by atoms with Gasteiger partial charge in [0.15, 0.2) is 6.61 Å². The average molecular weight is 1280 g/mol. The highest BCUT2D eigenvalue weighted by atomic mass is 32.1. The third-order valence-electron chi connectivity index (χ3n) is 16.6. The van der Waals surface area contributed by atoms with Gasteiger partial charge in [0.1, 0.15) is 29.9 Å². The van der Waals surface area contributed by atoms with Gasteiger partial charge in [-0.05, 0) is 101 Å². The lowest BCUT2D eigenvalue weighted by Crippen LogP contribution is -2.61. The van der Waals surface area contributed by atoms with Crippen LogP contribution < -0.4 is 26.0 Å². The van der Waals surface area contributed by atoms with Crippen molar-refractivity contribution in [3.05, 3.63) is 141 Å². The lowest BCUT2D eigenvalue weighted by atomic mass is 9.83. The zero-order valence-electron chi connectivity index (χ0n) is 50.8. The molecule has 3 aliphatic rings. The van der Waals surface area contributed by atoms with Crippen LogP contribution in [0.25, 0.3) is 20.5 Å². The van der Waals surface area contributed by atoms with Crippen LogP contribution in [0.2, 0.25) is 0 Å². The van der Waals surface area contributed by atoms with E-state index in [0.717, 1.165) is 69.1 Å². The molecule has 0 bridgehead atoms. The Kier molecular flexibility index (Phi) is 19.7. The van der Waals surface area contributed by atoms with E-state index in [-0.39, 0.29) is 53.8 Å². The summed E-state index contributed by atoms with van der Waals surface area (Å²) in [5, 5.41) is 22.0. The van der Waals surface area contributed by atoms with Crippen LogP contribution in [0.5, 0.6) is 5.75 Å². The van der Waals surface area contributed by atoms with Gasteiger partial charge in [-0.3, -0.25) is 38.1 Å². The van der Waals surface area contributed by atoms with E-state index >= 15 is 4.79 Å². The molecule has 25 heteroatoms. The van der Waals surface area contributed by atoms with Crippen molar-refractivity contribution in [2.75, 3.05) is 32.8 Å². The van der Waals surface area contributed by atoms with Crippen LogP contribution in [0.4, 0.5) is 8.78 Å². The van der Waals surface area contributed by atoms with E-state index in [0.29, 0.717) is 23.4 Å². The van der Waals surface area contributed by atoms with Crippen LogP contribution in [-0.2, 0) is 52.0 Å². The number of benzene rings is 4. The fraction of sp³-hybridized carbons (Fsp3) is 0.438. The molecule has 89 heavy (non-hydrogen) atoms. The quantitative estimate of drug-likeness (QED) is 0.0403. The van der Waals surface area contributed by atoms with Crippen molar-refractivity contribution in [2.45, 2.75) is 136 Å². The first-order chi connectivity index (χ1) is 41.9. The van der Waals surface area contributed by atoms with E-state index in [1.165, 1.54) is 33.3 Å². The van der Waals surface area contributed by atoms with Crippen LogP contribution >= 0.6 is 30.3 Å². The summed E-state index contributed by atoms with van der Waals surface area (Å²) in [7, 11) is -5.88. The van der Waals surface area contributed by atoms with E-state index in [1.807, 2.05) is 68.4 Å². The number of aliphatic hydroxyl groups is 1. The van der Waals surface area contributed by atoms with Gasteiger partial charge in [-0.2, -0.15) is 8.78 Å². The molecule has 7 N–H and O–H groups in total. The monoisotopic (exact) mass is 1280 g/mol. The molecule has 2 saturated heterocycles. The smallest absolute Gasteiger partial charge is 0.399 e. The summed E-state index contributed by atoms with van der Waals surface area (Å²) in [6, 6.07) is 22.1. The largest absolute Gasteiger partial charge is 0.484 e. The first kappa shape index (κ1) is 66.0. The molecule has 5 heterocycles. The van der Waals surface area contributed by atoms with Crippen LogP contribution in [0.15, 0.2) is 103 Å². The van der Waals surface area contributed by atoms with Crippen molar-refractivity contribution in [2.24, 2.45) is 10.8 Å². The number of ether oxygens (including phenoxy) is 1. The number of amides is 7. The number of piperidine rings is 1. The Morgan fingerprint density at radius 3 is 2.15 bits per heavy atom. The molecule has 4 unspecified atom stereocenters. The third kappa shape index (κ3) is 15.1. The predicted octanol–water partition coefficient (Wildman–Crippen LogP) is 7.93. The minimum atomic E-state index is -5.88. The Morgan fingerprint density at radius 1 is 0.798 bits per heavy atom. The Labute approximate surface area is 522 Å². The number of likely N-dealkylation sites (tertiary alicyclic amines) is 2. The standard InChI is InChI=1S/C64H75F2N8O12PS2/c1-36(38-16-18-40(19-17-38)54-37(2)68-35-88-54)69-57(78)48-29-46(75)33-74(48)60(81)55(62(3,4)5)70-52(76)30-67-53(77)34-86-47-22-20-41-27-49(59(80)72-24-12-15-42(31-72)39-13-10-9-11-14-39)73(32-44(41)26-47)61(82)56(63(6,7)8)71-58(79)51-28-43-25-45(21-23-50(43)89-51)64(65,66)87(83,84)85/h9-11,13-14,16-23,25-26,28,35-36,42,46,48-49,55-56,75H,12,15,24,27,29-34H2,1-8H3,(H,67,77)(H,69,78)(H,70,76)(H,71,79)(H2,83,84,85)/t36-,42?,46+,48-,49?,55?,56?/m0/s1. The fourth-order valence-corrected chi connectivity index (χ4v) is 13.9. The molecule has 2 fully saturated rings. The third-order valence-corrected chi connectivity index (χ3v) is 19.7. The molecule has 6 aromatic rings. The summed E-state index contributed by atoms with van der Waals surface area (Å²) in [4.78, 5) is 128. The molecule has 3 aliphatic heterocycles. The van der Waals surface area contributed by atoms with Gasteiger partial charge in [-0.25, -0.2) is 4.98 Å². The zero-order valence-corrected chi connectivity index (χ0v) is 53.3. The average Bonchev–Trinajstić information content (AvgIpc) is 1.77. The molecule has 9 rings (SSSR count). The van der Waals surface area contributed by atoms with Gasteiger partial charge in [0, 0.05) is 55.2 Å². The van der Waals surface area contributed by atoms with Gasteiger partial charge < -0.3 is 55.6 Å². The van der Waals surface area contributed by atoms with Crippen molar-refractivity contribution in [1.82, 2.24) is 41.0 Å². The van der Waals surface area contributed by atoms with Gasteiger partial charge in [0.25, 0.3) is 11.8 Å². The molecule has 0 spiro atoms. The number of rotatable bonds is 18. The number of carbonyl (C=O) groups excluding carboxylic acids is 7. The highest BCUT2D eigenvalue weighted by Crippen LogP contribution is 2.59. The highest BCUT2D eigenvalue weighted by molar-refractivity contribution is 7.52. The number of nitrogens with zero attached hydrogens (tertiary/aromatic N) is 4. The molecule has 20 nitrogen and oxygen atoms in total. The lowest BCUT2D eigenvalue weighted by molar-refractivity contribution is -0.150. The first-order valence-corrected chi connectivity index (χ1v) is 32.7. The second kappa shape index (κ2) is 26.5. The summed E-state index contributed by atoms with van der Waals surface area (Å²) in [5.41, 5.74) is -0.298. The number of hydrogen-bond donors (Lipinski definition) is 7. The van der Waals surface area contributed by atoms with Crippen molar-refractivity contribution in [1.29, 1.82) is 0 Å². The maximum absolute atomic E-state index is 15.3. The molecule has 7 atom stereocenters. The fourth-order valence-electron chi connectivity index (χ4n) is 11.6. The molecule has 0 aliphatic carbocycles. The molecule has 2 aromatic heterocycles. The van der Waals surface area contributed by atoms with Gasteiger partial charge in [-0.1, -0.05) is 108 Å². The van der Waals surface area contributed by atoms with Gasteiger partial charge >= 0.3 is 13.3 Å². The Bertz CT molecular complexity index is 3700. The summed E-state index contributed by atoms with van der Waals surface area (Å²) in [5.74, 6) is -3.71. The maximum Gasteiger partial charge on any atom is 0.399 e. The number of halogens is 2. The van der Waals surface area contributed by atoms with Gasteiger partial charge in [-0.15, -0.1) is 22.7 Å². The Hall–Kier alpha value is -7.47. The predicted molar refractivity (Wildman–Crippen MR) is 333 cm³/mol. The number of aryl methyl sites for hydroxylation is 1. The topological polar surface area (TPSA) is 277 Å². The van der Waals surface area contributed by atoms with Crippen molar-refractivity contribution in [3.63, 3.8) is 0 Å². The molecule has 7 amide bonds. The van der Waals surface area contributed by atoms with E-state index in [1.54, 1.807) is 70.2 Å². The number of β-amino-alcohol motifs (C(OH)–C–C–N with tert-alkyl or cyclic N) is 1. The molecule has 0 saturated carbocycles. The normalized spacial score (nSPS) is 19.2. The molecule has 474 valence electrons. The number of alkyl halides is 2. The summed E-state index contributed by atoms with van der Waals surface area (Å²) in [6.45, 7) is 13.8. The number of thiazole rings is 1. The van der Waals surface area contributed by atoms with Crippen molar-refractivity contribution in [3.8, 4) is 16.2 Å². The number of nitrogens with one attached hydrogen (secondary N) is 4. The Balaban J connectivity index is 0.857. The van der Waals surface area contributed by atoms with E-state index < -0.39 is 115 Å². The van der Waals surface area contributed by atoms with Gasteiger partial charge in [0.2, 0.25) is 29.5 Å². The van der Waals surface area contributed by atoms with Crippen LogP contribution in [0.3, 0.4) is 0 Å². The van der Waals surface area contributed by atoms with Crippen LogP contribution in [0.1, 0.15) is 123 Å². The second-order valence-electron chi connectivity index (χ2n) is 25.3. The minimum Gasteiger partial charge on any atom is -0.484 e. The highest BCUT2D eigenvalue weighted by Gasteiger charge is 2.51. The van der Waals surface area contributed by atoms with Crippen molar-refractivity contribution >= 4 is 81.7 Å². The molecular weight excluding hydrogens is 1210 g/mol. The SMILES string of the molecule is Cc1ncsc1-c1ccc([C@H](C)NC(=O)[C@@H]2C[C@@H](O)CN2C(=O)C(NC(=O)CNC(=O)COc2ccc3c(c2)CN(C(=O)C(NC(=O)c2cc4cc(C(F)(F)P(=O)(O)O)ccc4s2)C(C)(C)C)C(C(=O)N2CCCC(c4ccccc4)C2)C3)C(C)(C)C)cc1. The summed E-state index contributed by atoms with van der Waals surface area (Å²) in [6.07, 6.45) is 0.687. The number of fused-ring (bicyclic) bond motifs is 2. The lowest BCUT2D eigenvalue weighted by Gasteiger charge is -2.43. The zero-order chi connectivity index (χ0) is 64.5. The Morgan fingerprint density at radius 2 is 1.48 bits per heavy atom. The van der Waals surface area contributed by atoms with Gasteiger partial charge in [0.05, 0.1) is 39.6 Å². The number of aromatic nitrogens is 1. The van der Waals surface area contributed by atoms with Crippen molar-refractivity contribution < 1.29 is 66.5 Å². The van der Waals surface area contributed by atoms with Crippen LogP contribution in [-0.4, -0.2) is 139 Å². The number of aliphatic hydroxyl groups excluding tert-OH is 1. The van der Waals surface area contributed by atoms with E-state index in [9.17, 15) is 57.0 Å². The van der Waals surface area contributed by atoms with Crippen LogP contribution in [0, 0.1) is 17.8 Å². The van der Waals surface area contributed by atoms with E-state index in [2.05, 4.69) is 26.3 Å². The maximum atomic E-state index is 15.3. The second-order valence-corrected chi connectivity index (χ2v) is 28.9. The minimum absolute atomic E-state index is 0.00839. The molecule has 4 aromatic carbocycles. The first-order valence-electron chi connectivity index (χ1n) is 29.4. The molecular formula is C64H75F2N8O12PS2. The molecule has 0 radical (unpaired) electrons. The number of thiophene rings is 1. The van der Waals surface area contributed by atoms with E-state index in [4.69, 9.17) is 4.74 Å². The summed E-state index contributed by atoms with van der Waals surface area (Å²) >= 11 is 2.47. The number of hydrogen-bond acceptors (Lipinski definition) is 13.